The Kier molecular flexibility index (Phi) is 5.60. The molecule has 0 N–H and O–H groups in total. The highest BCUT2D eigenvalue weighted by atomic mass is 16.3. The van der Waals surface area contributed by atoms with Gasteiger partial charge in [0.2, 0.25) is 0 Å². The van der Waals surface area contributed by atoms with E-state index in [0.717, 1.165) is 54.8 Å². The van der Waals surface area contributed by atoms with Crippen molar-refractivity contribution in [3.63, 3.8) is 0 Å². The highest BCUT2D eigenvalue weighted by Crippen LogP contribution is 2.58. The fourth-order valence-corrected chi connectivity index (χ4v) is 9.70. The van der Waals surface area contributed by atoms with E-state index in [0.29, 0.717) is 0 Å². The van der Waals surface area contributed by atoms with Gasteiger partial charge in [0.25, 0.3) is 0 Å². The van der Waals surface area contributed by atoms with Crippen molar-refractivity contribution >= 4 is 76.2 Å². The normalized spacial score (nSPS) is 13.6. The summed E-state index contributed by atoms with van der Waals surface area (Å²) in [4.78, 5) is 0. The van der Waals surface area contributed by atoms with Crippen molar-refractivity contribution in [2.24, 2.45) is 0 Å². The summed E-state index contributed by atoms with van der Waals surface area (Å²) in [5.41, 5.74) is 13.5. The summed E-state index contributed by atoms with van der Waals surface area (Å²) < 4.78 is 13.5. The Morgan fingerprint density at radius 3 is 1.75 bits per heavy atom. The molecule has 53 heavy (non-hydrogen) atoms. The second-order valence-corrected chi connectivity index (χ2v) is 15.1. The maximum Gasteiger partial charge on any atom is 0.143 e. The van der Waals surface area contributed by atoms with E-state index < -0.39 is 0 Å². The summed E-state index contributed by atoms with van der Waals surface area (Å²) in [6.45, 7) is 4.72. The Hall–Kier alpha value is -6.64. The van der Waals surface area contributed by atoms with Gasteiger partial charge < -0.3 is 8.83 Å². The van der Waals surface area contributed by atoms with E-state index in [9.17, 15) is 0 Å². The lowest BCUT2D eigenvalue weighted by atomic mass is 9.79. The summed E-state index contributed by atoms with van der Waals surface area (Å²) >= 11 is 0. The zero-order valence-corrected chi connectivity index (χ0v) is 29.3. The molecule has 0 amide bonds. The maximum atomic E-state index is 7.07. The van der Waals surface area contributed by atoms with E-state index in [1.54, 1.807) is 0 Å². The summed E-state index contributed by atoms with van der Waals surface area (Å²) in [6, 6.07) is 57.4. The number of hydrogen-bond acceptors (Lipinski definition) is 2. The van der Waals surface area contributed by atoms with Crippen LogP contribution in [0, 0.1) is 0 Å². The minimum absolute atomic E-state index is 0.266. The Morgan fingerprint density at radius 2 is 0.981 bits per heavy atom. The van der Waals surface area contributed by atoms with Crippen LogP contribution in [-0.2, 0) is 5.41 Å². The minimum Gasteiger partial charge on any atom is -0.456 e. The van der Waals surface area contributed by atoms with Gasteiger partial charge in [0.1, 0.15) is 22.3 Å². The molecule has 2 aromatic heterocycles. The van der Waals surface area contributed by atoms with E-state index in [4.69, 9.17) is 8.83 Å². The fourth-order valence-electron chi connectivity index (χ4n) is 9.70. The number of fused-ring (bicyclic) bond motifs is 14. The fraction of sp³-hybridized carbons (Fsp3) is 0.0588. The molecular weight excluding hydrogens is 645 g/mol. The largest absolute Gasteiger partial charge is 0.456 e. The van der Waals surface area contributed by atoms with Crippen LogP contribution < -0.4 is 0 Å². The zero-order valence-electron chi connectivity index (χ0n) is 29.3. The lowest BCUT2D eigenvalue weighted by Gasteiger charge is -2.23. The molecule has 0 radical (unpaired) electrons. The van der Waals surface area contributed by atoms with Crippen LogP contribution in [0.5, 0.6) is 0 Å². The molecule has 2 nitrogen and oxygen atoms in total. The van der Waals surface area contributed by atoms with Gasteiger partial charge >= 0.3 is 0 Å². The van der Waals surface area contributed by atoms with Gasteiger partial charge in [-0.1, -0.05) is 141 Å². The Balaban J connectivity index is 1.24. The van der Waals surface area contributed by atoms with Crippen molar-refractivity contribution in [2.45, 2.75) is 19.3 Å². The molecule has 9 aromatic carbocycles. The first-order valence-electron chi connectivity index (χ1n) is 18.4. The lowest BCUT2D eigenvalue weighted by Crippen LogP contribution is -2.15. The standard InChI is InChI=1S/C51H32O2/c1-51(2)42-21-11-9-20-39(42)47-41(28-40-38-26-23-29-13-3-4-14-31(29)49(38)53-50(40)48(47)51)46-36-18-7-5-16-34(36)45(35-17-6-8-19-37(35)46)30-24-25-33-32-15-10-12-22-43(32)52-44(33)27-30/h3-28H,1-2H3. The smallest absolute Gasteiger partial charge is 0.143 e. The van der Waals surface area contributed by atoms with Gasteiger partial charge in [-0.25, -0.2) is 0 Å². The first-order chi connectivity index (χ1) is 26.1. The highest BCUT2D eigenvalue weighted by Gasteiger charge is 2.41. The average Bonchev–Trinajstić information content (AvgIpc) is 3.84. The van der Waals surface area contributed by atoms with E-state index in [2.05, 4.69) is 166 Å². The van der Waals surface area contributed by atoms with Gasteiger partial charge in [-0.05, 0) is 96.2 Å². The molecule has 12 rings (SSSR count). The predicted molar refractivity (Wildman–Crippen MR) is 222 cm³/mol. The van der Waals surface area contributed by atoms with Crippen molar-refractivity contribution in [3.8, 4) is 33.4 Å². The van der Waals surface area contributed by atoms with E-state index in [1.165, 1.54) is 65.9 Å². The molecule has 0 fully saturated rings. The van der Waals surface area contributed by atoms with Gasteiger partial charge in [-0.15, -0.1) is 0 Å². The quantitative estimate of drug-likeness (QED) is 0.170. The van der Waals surface area contributed by atoms with Gasteiger partial charge in [0, 0.05) is 37.9 Å². The van der Waals surface area contributed by atoms with E-state index in [1.807, 2.05) is 6.07 Å². The van der Waals surface area contributed by atoms with Gasteiger partial charge in [0.05, 0.1) is 0 Å². The number of benzene rings is 9. The van der Waals surface area contributed by atoms with Crippen molar-refractivity contribution in [1.82, 2.24) is 0 Å². The summed E-state index contributed by atoms with van der Waals surface area (Å²) in [5.74, 6) is 0. The second-order valence-electron chi connectivity index (χ2n) is 15.1. The molecule has 2 heterocycles. The van der Waals surface area contributed by atoms with Gasteiger partial charge in [-0.3, -0.25) is 0 Å². The zero-order chi connectivity index (χ0) is 35.0. The lowest BCUT2D eigenvalue weighted by molar-refractivity contribution is 0.621. The molecule has 0 atom stereocenters. The van der Waals surface area contributed by atoms with Crippen LogP contribution in [0.1, 0.15) is 25.0 Å². The van der Waals surface area contributed by atoms with Crippen LogP contribution in [0.2, 0.25) is 0 Å². The Morgan fingerprint density at radius 1 is 0.377 bits per heavy atom. The number of hydrogen-bond donors (Lipinski definition) is 0. The minimum atomic E-state index is -0.266. The third-order valence-corrected chi connectivity index (χ3v) is 12.0. The molecule has 0 saturated heterocycles. The van der Waals surface area contributed by atoms with E-state index in [-0.39, 0.29) is 5.41 Å². The molecular formula is C51H32O2. The monoisotopic (exact) mass is 676 g/mol. The summed E-state index contributed by atoms with van der Waals surface area (Å²) in [6.07, 6.45) is 0. The first kappa shape index (κ1) is 29.0. The number of rotatable bonds is 2. The Bertz CT molecular complexity index is 3310. The molecule has 0 saturated carbocycles. The van der Waals surface area contributed by atoms with Crippen LogP contribution in [0.3, 0.4) is 0 Å². The van der Waals surface area contributed by atoms with E-state index >= 15 is 0 Å². The molecule has 0 bridgehead atoms. The maximum absolute atomic E-state index is 7.07. The molecule has 11 aromatic rings. The number of para-hydroxylation sites is 1. The first-order valence-corrected chi connectivity index (χ1v) is 18.4. The summed E-state index contributed by atoms with van der Waals surface area (Å²) in [5, 5.41) is 11.8. The third kappa shape index (κ3) is 3.77. The SMILES string of the molecule is CC1(C)c2ccccc2-c2c(-c3c4ccccc4c(-c4ccc5c(c4)oc4ccccc45)c4ccccc34)cc3c(oc4c5ccccc5ccc34)c21. The van der Waals surface area contributed by atoms with Gasteiger partial charge in [0.15, 0.2) is 0 Å². The second kappa shape index (κ2) is 10.2. The molecule has 2 heteroatoms. The van der Waals surface area contributed by atoms with Crippen LogP contribution in [0.25, 0.3) is 110 Å². The summed E-state index contributed by atoms with van der Waals surface area (Å²) in [7, 11) is 0. The molecule has 1 aliphatic carbocycles. The molecule has 0 aliphatic heterocycles. The molecule has 1 aliphatic rings. The third-order valence-electron chi connectivity index (χ3n) is 12.0. The van der Waals surface area contributed by atoms with Crippen LogP contribution >= 0.6 is 0 Å². The van der Waals surface area contributed by atoms with Gasteiger partial charge in [-0.2, -0.15) is 0 Å². The molecule has 248 valence electrons. The van der Waals surface area contributed by atoms with Crippen molar-refractivity contribution in [1.29, 1.82) is 0 Å². The van der Waals surface area contributed by atoms with Crippen LogP contribution in [0.4, 0.5) is 0 Å². The predicted octanol–water partition coefficient (Wildman–Crippen LogP) is 14.6. The Labute approximate surface area is 305 Å². The van der Waals surface area contributed by atoms with Crippen molar-refractivity contribution < 1.29 is 8.83 Å². The van der Waals surface area contributed by atoms with Crippen molar-refractivity contribution in [2.75, 3.05) is 0 Å². The molecule has 0 spiro atoms. The van der Waals surface area contributed by atoms with Crippen LogP contribution in [-0.4, -0.2) is 0 Å². The number of furan rings is 2. The average molecular weight is 677 g/mol. The highest BCUT2D eigenvalue weighted by molar-refractivity contribution is 6.26. The van der Waals surface area contributed by atoms with Crippen LogP contribution in [0.15, 0.2) is 167 Å². The van der Waals surface area contributed by atoms with Crippen molar-refractivity contribution in [3.05, 3.63) is 169 Å². The topological polar surface area (TPSA) is 26.3 Å². The molecule has 0 unspecified atom stereocenters.